The molecule has 1 aromatic carbocycles. The molecule has 0 radical (unpaired) electrons. The van der Waals surface area contributed by atoms with Crippen molar-refractivity contribution in [3.05, 3.63) is 35.0 Å². The summed E-state index contributed by atoms with van der Waals surface area (Å²) in [6, 6.07) is 6.79. The standard InChI is InChI=1S/C18H24N2O/c1-4-12(5-2)18(21)19-13-9-15-14-8-11(3)6-7-16(14)20-17(15)10-13/h6-8,12-13,20H,4-5,9-10H2,1-3H3,(H,19,21). The minimum atomic E-state index is 0.155. The molecule has 3 rings (SSSR count). The van der Waals surface area contributed by atoms with Crippen molar-refractivity contribution in [2.45, 2.75) is 52.5 Å². The second-order valence-corrected chi connectivity index (χ2v) is 6.26. The molecule has 0 spiro atoms. The van der Waals surface area contributed by atoms with Crippen molar-refractivity contribution in [3.63, 3.8) is 0 Å². The molecule has 1 heterocycles. The van der Waals surface area contributed by atoms with Crippen LogP contribution in [0.3, 0.4) is 0 Å². The minimum absolute atomic E-state index is 0.155. The quantitative estimate of drug-likeness (QED) is 0.887. The van der Waals surface area contributed by atoms with Gasteiger partial charge >= 0.3 is 0 Å². The largest absolute Gasteiger partial charge is 0.358 e. The Kier molecular flexibility index (Phi) is 3.75. The van der Waals surface area contributed by atoms with Gasteiger partial charge in [-0.3, -0.25) is 4.79 Å². The average molecular weight is 284 g/mol. The van der Waals surface area contributed by atoms with Crippen molar-refractivity contribution in [3.8, 4) is 0 Å². The first kappa shape index (κ1) is 14.2. The Hall–Kier alpha value is -1.77. The number of hydrogen-bond donors (Lipinski definition) is 2. The van der Waals surface area contributed by atoms with Gasteiger partial charge in [-0.15, -0.1) is 0 Å². The third kappa shape index (κ3) is 2.57. The van der Waals surface area contributed by atoms with Crippen LogP contribution in [-0.2, 0) is 17.6 Å². The van der Waals surface area contributed by atoms with E-state index in [-0.39, 0.29) is 17.9 Å². The summed E-state index contributed by atoms with van der Waals surface area (Å²) in [6.07, 6.45) is 3.71. The molecule has 1 aliphatic rings. The lowest BCUT2D eigenvalue weighted by molar-refractivity contribution is -0.125. The van der Waals surface area contributed by atoms with Gasteiger partial charge in [0.25, 0.3) is 0 Å². The van der Waals surface area contributed by atoms with Crippen molar-refractivity contribution in [2.75, 3.05) is 0 Å². The summed E-state index contributed by atoms with van der Waals surface area (Å²) in [5.74, 6) is 0.374. The molecule has 0 aliphatic heterocycles. The van der Waals surface area contributed by atoms with Gasteiger partial charge in [0, 0.05) is 35.0 Å². The maximum Gasteiger partial charge on any atom is 0.223 e. The molecule has 3 nitrogen and oxygen atoms in total. The zero-order chi connectivity index (χ0) is 15.0. The highest BCUT2D eigenvalue weighted by atomic mass is 16.1. The van der Waals surface area contributed by atoms with Crippen LogP contribution in [0.2, 0.25) is 0 Å². The molecular formula is C18H24N2O. The van der Waals surface area contributed by atoms with E-state index in [2.05, 4.69) is 49.3 Å². The van der Waals surface area contributed by atoms with Crippen LogP contribution in [0.5, 0.6) is 0 Å². The van der Waals surface area contributed by atoms with Gasteiger partial charge < -0.3 is 10.3 Å². The number of aromatic amines is 1. The van der Waals surface area contributed by atoms with E-state index in [0.29, 0.717) is 0 Å². The smallest absolute Gasteiger partial charge is 0.223 e. The van der Waals surface area contributed by atoms with Crippen LogP contribution >= 0.6 is 0 Å². The van der Waals surface area contributed by atoms with Crippen LogP contribution < -0.4 is 5.32 Å². The van der Waals surface area contributed by atoms with E-state index >= 15 is 0 Å². The molecule has 1 unspecified atom stereocenters. The van der Waals surface area contributed by atoms with E-state index in [1.54, 1.807) is 0 Å². The third-order valence-corrected chi connectivity index (χ3v) is 4.75. The van der Waals surface area contributed by atoms with Gasteiger partial charge in [0.1, 0.15) is 0 Å². The second kappa shape index (κ2) is 5.55. The molecule has 0 saturated heterocycles. The van der Waals surface area contributed by atoms with Gasteiger partial charge in [0.2, 0.25) is 5.91 Å². The first-order chi connectivity index (χ1) is 10.1. The van der Waals surface area contributed by atoms with Gasteiger partial charge in [-0.25, -0.2) is 0 Å². The number of amides is 1. The van der Waals surface area contributed by atoms with Crippen LogP contribution in [0.1, 0.15) is 43.5 Å². The average Bonchev–Trinajstić information content (AvgIpc) is 2.97. The molecule has 2 aromatic rings. The fraction of sp³-hybridized carbons (Fsp3) is 0.500. The third-order valence-electron chi connectivity index (χ3n) is 4.75. The summed E-state index contributed by atoms with van der Waals surface area (Å²) in [5.41, 5.74) is 5.19. The van der Waals surface area contributed by atoms with Crippen LogP contribution in [0.25, 0.3) is 10.9 Å². The van der Waals surface area contributed by atoms with Gasteiger partial charge in [0.15, 0.2) is 0 Å². The van der Waals surface area contributed by atoms with E-state index < -0.39 is 0 Å². The monoisotopic (exact) mass is 284 g/mol. The second-order valence-electron chi connectivity index (χ2n) is 6.26. The van der Waals surface area contributed by atoms with E-state index in [9.17, 15) is 4.79 Å². The number of benzene rings is 1. The fourth-order valence-corrected chi connectivity index (χ4v) is 3.47. The Bertz CT molecular complexity index is 667. The minimum Gasteiger partial charge on any atom is -0.358 e. The van der Waals surface area contributed by atoms with E-state index in [4.69, 9.17) is 0 Å². The van der Waals surface area contributed by atoms with Crippen LogP contribution in [0.4, 0.5) is 0 Å². The lowest BCUT2D eigenvalue weighted by Crippen LogP contribution is -2.39. The lowest BCUT2D eigenvalue weighted by atomic mass is 10.0. The van der Waals surface area contributed by atoms with Crippen molar-refractivity contribution < 1.29 is 4.79 Å². The Labute approximate surface area is 126 Å². The summed E-state index contributed by atoms with van der Waals surface area (Å²) >= 11 is 0. The highest BCUT2D eigenvalue weighted by molar-refractivity contribution is 5.86. The summed E-state index contributed by atoms with van der Waals surface area (Å²) in [7, 11) is 0. The molecular weight excluding hydrogens is 260 g/mol. The lowest BCUT2D eigenvalue weighted by Gasteiger charge is -2.17. The Morgan fingerprint density at radius 3 is 2.81 bits per heavy atom. The number of carbonyl (C=O) groups excluding carboxylic acids is 1. The SMILES string of the molecule is CCC(CC)C(=O)NC1Cc2[nH]c3ccc(C)cc3c2C1. The molecule has 3 heteroatoms. The van der Waals surface area contributed by atoms with Gasteiger partial charge in [-0.1, -0.05) is 25.5 Å². The molecule has 0 bridgehead atoms. The van der Waals surface area contributed by atoms with Gasteiger partial charge in [0.05, 0.1) is 0 Å². The van der Waals surface area contributed by atoms with Gasteiger partial charge in [-0.2, -0.15) is 0 Å². The van der Waals surface area contributed by atoms with E-state index in [1.807, 2.05) is 0 Å². The Morgan fingerprint density at radius 1 is 1.33 bits per heavy atom. The normalized spacial score (nSPS) is 17.4. The summed E-state index contributed by atoms with van der Waals surface area (Å²) in [5, 5.41) is 4.56. The molecule has 0 fully saturated rings. The fourth-order valence-electron chi connectivity index (χ4n) is 3.47. The molecule has 112 valence electrons. The van der Waals surface area contributed by atoms with Crippen molar-refractivity contribution in [2.24, 2.45) is 5.92 Å². The number of carbonyl (C=O) groups is 1. The number of nitrogens with one attached hydrogen (secondary N) is 2. The maximum absolute atomic E-state index is 12.2. The number of fused-ring (bicyclic) bond motifs is 3. The van der Waals surface area contributed by atoms with Crippen molar-refractivity contribution in [1.29, 1.82) is 0 Å². The number of aromatic nitrogens is 1. The molecule has 2 N–H and O–H groups in total. The molecule has 0 saturated carbocycles. The summed E-state index contributed by atoms with van der Waals surface area (Å²) < 4.78 is 0. The highest BCUT2D eigenvalue weighted by Gasteiger charge is 2.27. The van der Waals surface area contributed by atoms with Gasteiger partial charge in [-0.05, 0) is 43.9 Å². The zero-order valence-electron chi connectivity index (χ0n) is 13.1. The molecule has 1 amide bonds. The summed E-state index contributed by atoms with van der Waals surface area (Å²) in [6.45, 7) is 6.29. The molecule has 1 aliphatic carbocycles. The van der Waals surface area contributed by atoms with Crippen LogP contribution in [0, 0.1) is 12.8 Å². The van der Waals surface area contributed by atoms with Crippen LogP contribution in [-0.4, -0.2) is 16.9 Å². The predicted octanol–water partition coefficient (Wildman–Crippen LogP) is 3.50. The molecule has 1 atom stereocenters. The van der Waals surface area contributed by atoms with E-state index in [0.717, 1.165) is 25.7 Å². The summed E-state index contributed by atoms with van der Waals surface area (Å²) in [4.78, 5) is 15.7. The first-order valence-electron chi connectivity index (χ1n) is 8.02. The number of rotatable bonds is 4. The maximum atomic E-state index is 12.2. The number of aryl methyl sites for hydroxylation is 1. The van der Waals surface area contributed by atoms with Crippen molar-refractivity contribution >= 4 is 16.8 Å². The Morgan fingerprint density at radius 2 is 2.10 bits per heavy atom. The highest BCUT2D eigenvalue weighted by Crippen LogP contribution is 2.30. The topological polar surface area (TPSA) is 44.9 Å². The molecule has 1 aromatic heterocycles. The molecule has 21 heavy (non-hydrogen) atoms. The van der Waals surface area contributed by atoms with Crippen molar-refractivity contribution in [1.82, 2.24) is 10.3 Å². The zero-order valence-corrected chi connectivity index (χ0v) is 13.1. The number of hydrogen-bond acceptors (Lipinski definition) is 1. The van der Waals surface area contributed by atoms with E-state index in [1.165, 1.54) is 27.7 Å². The first-order valence-corrected chi connectivity index (χ1v) is 8.02. The Balaban J connectivity index is 1.76. The number of H-pyrrole nitrogens is 1. The predicted molar refractivity (Wildman–Crippen MR) is 86.4 cm³/mol. The van der Waals surface area contributed by atoms with Crippen LogP contribution in [0.15, 0.2) is 18.2 Å².